The summed E-state index contributed by atoms with van der Waals surface area (Å²) in [4.78, 5) is 4.71. The van der Waals surface area contributed by atoms with Crippen molar-refractivity contribution in [1.82, 2.24) is 4.90 Å². The van der Waals surface area contributed by atoms with Crippen molar-refractivity contribution in [2.24, 2.45) is 0 Å². The predicted molar refractivity (Wildman–Crippen MR) is 93.0 cm³/mol. The molecule has 0 amide bonds. The maximum atomic E-state index is 10.3. The summed E-state index contributed by atoms with van der Waals surface area (Å²) in [6.07, 6.45) is -0.413. The van der Waals surface area contributed by atoms with E-state index in [-0.39, 0.29) is 0 Å². The monoisotopic (exact) mass is 312 g/mol. The molecule has 1 fully saturated rings. The SMILES string of the molecule is COc1ccc(N2CCN(C[C@H](O)c3ccccc3)CC2)cc1. The molecule has 2 aromatic carbocycles. The summed E-state index contributed by atoms with van der Waals surface area (Å²) in [6.45, 7) is 4.59. The Morgan fingerprint density at radius 3 is 2.22 bits per heavy atom. The maximum absolute atomic E-state index is 10.3. The number of piperazine rings is 1. The summed E-state index contributed by atoms with van der Waals surface area (Å²) < 4.78 is 5.20. The van der Waals surface area contributed by atoms with Crippen molar-refractivity contribution in [3.05, 3.63) is 60.2 Å². The van der Waals surface area contributed by atoms with Gasteiger partial charge in [-0.05, 0) is 29.8 Å². The van der Waals surface area contributed by atoms with Crippen LogP contribution in [-0.4, -0.2) is 49.8 Å². The molecule has 0 radical (unpaired) electrons. The van der Waals surface area contributed by atoms with Crippen LogP contribution < -0.4 is 9.64 Å². The Hall–Kier alpha value is -2.04. The van der Waals surface area contributed by atoms with Gasteiger partial charge in [0.15, 0.2) is 0 Å². The Morgan fingerprint density at radius 1 is 0.957 bits per heavy atom. The van der Waals surface area contributed by atoms with E-state index in [4.69, 9.17) is 4.74 Å². The molecule has 23 heavy (non-hydrogen) atoms. The number of aliphatic hydroxyl groups is 1. The van der Waals surface area contributed by atoms with E-state index in [0.29, 0.717) is 6.54 Å². The molecule has 0 spiro atoms. The molecule has 0 bridgehead atoms. The van der Waals surface area contributed by atoms with Crippen LogP contribution in [-0.2, 0) is 0 Å². The minimum Gasteiger partial charge on any atom is -0.497 e. The highest BCUT2D eigenvalue weighted by atomic mass is 16.5. The fourth-order valence-electron chi connectivity index (χ4n) is 3.01. The second kappa shape index (κ2) is 7.49. The largest absolute Gasteiger partial charge is 0.497 e. The van der Waals surface area contributed by atoms with E-state index in [1.807, 2.05) is 42.5 Å². The number of nitrogens with zero attached hydrogens (tertiary/aromatic N) is 2. The van der Waals surface area contributed by atoms with Crippen molar-refractivity contribution in [2.75, 3.05) is 44.7 Å². The molecule has 0 aliphatic carbocycles. The summed E-state index contributed by atoms with van der Waals surface area (Å²) in [6, 6.07) is 18.1. The number of aliphatic hydroxyl groups excluding tert-OH is 1. The van der Waals surface area contributed by atoms with Crippen LogP contribution in [0, 0.1) is 0 Å². The van der Waals surface area contributed by atoms with Gasteiger partial charge in [0.25, 0.3) is 0 Å². The zero-order valence-electron chi connectivity index (χ0n) is 13.6. The first-order chi connectivity index (χ1) is 11.3. The molecule has 122 valence electrons. The molecule has 1 saturated heterocycles. The van der Waals surface area contributed by atoms with Crippen LogP contribution in [0.4, 0.5) is 5.69 Å². The fraction of sp³-hybridized carbons (Fsp3) is 0.368. The zero-order chi connectivity index (χ0) is 16.1. The van der Waals surface area contributed by atoms with Gasteiger partial charge in [0.05, 0.1) is 13.2 Å². The van der Waals surface area contributed by atoms with Crippen molar-refractivity contribution in [3.63, 3.8) is 0 Å². The second-order valence-electron chi connectivity index (χ2n) is 5.91. The molecule has 0 aromatic heterocycles. The van der Waals surface area contributed by atoms with Crippen molar-refractivity contribution in [3.8, 4) is 5.75 Å². The van der Waals surface area contributed by atoms with E-state index in [9.17, 15) is 5.11 Å². The molecule has 1 aliphatic rings. The van der Waals surface area contributed by atoms with E-state index >= 15 is 0 Å². The van der Waals surface area contributed by atoms with Gasteiger partial charge in [0.2, 0.25) is 0 Å². The molecule has 4 heteroatoms. The first kappa shape index (κ1) is 15.8. The van der Waals surface area contributed by atoms with E-state index in [0.717, 1.165) is 37.5 Å². The lowest BCUT2D eigenvalue weighted by molar-refractivity contribution is 0.109. The van der Waals surface area contributed by atoms with Crippen molar-refractivity contribution >= 4 is 5.69 Å². The molecule has 1 heterocycles. The molecule has 4 nitrogen and oxygen atoms in total. The summed E-state index contributed by atoms with van der Waals surface area (Å²) >= 11 is 0. The van der Waals surface area contributed by atoms with Crippen LogP contribution in [0.2, 0.25) is 0 Å². The third-order valence-corrected chi connectivity index (χ3v) is 4.43. The number of benzene rings is 2. The highest BCUT2D eigenvalue weighted by Crippen LogP contribution is 2.21. The molecular weight excluding hydrogens is 288 g/mol. The highest BCUT2D eigenvalue weighted by Gasteiger charge is 2.20. The van der Waals surface area contributed by atoms with Crippen LogP contribution in [0.5, 0.6) is 5.75 Å². The van der Waals surface area contributed by atoms with Crippen LogP contribution in [0.15, 0.2) is 54.6 Å². The average Bonchev–Trinajstić information content (AvgIpc) is 2.63. The van der Waals surface area contributed by atoms with Crippen molar-refractivity contribution in [1.29, 1.82) is 0 Å². The molecule has 1 aliphatic heterocycles. The van der Waals surface area contributed by atoms with Crippen molar-refractivity contribution < 1.29 is 9.84 Å². The van der Waals surface area contributed by atoms with Gasteiger partial charge in [-0.15, -0.1) is 0 Å². The number of rotatable bonds is 5. The molecule has 1 N–H and O–H groups in total. The van der Waals surface area contributed by atoms with E-state index < -0.39 is 6.10 Å². The third-order valence-electron chi connectivity index (χ3n) is 4.43. The number of hydrogen-bond donors (Lipinski definition) is 1. The zero-order valence-corrected chi connectivity index (χ0v) is 13.6. The molecule has 1 atom stereocenters. The van der Waals surface area contributed by atoms with E-state index in [1.165, 1.54) is 5.69 Å². The molecule has 0 saturated carbocycles. The number of ether oxygens (including phenoxy) is 1. The number of anilines is 1. The smallest absolute Gasteiger partial charge is 0.119 e. The third kappa shape index (κ3) is 4.03. The van der Waals surface area contributed by atoms with Gasteiger partial charge >= 0.3 is 0 Å². The fourth-order valence-corrected chi connectivity index (χ4v) is 3.01. The minimum atomic E-state index is -0.413. The van der Waals surface area contributed by atoms with Gasteiger partial charge in [-0.3, -0.25) is 4.90 Å². The lowest BCUT2D eigenvalue weighted by atomic mass is 10.1. The number of methoxy groups -OCH3 is 1. The van der Waals surface area contributed by atoms with Crippen LogP contribution in [0.1, 0.15) is 11.7 Å². The van der Waals surface area contributed by atoms with Gasteiger partial charge in [0, 0.05) is 38.4 Å². The lowest BCUT2D eigenvalue weighted by Gasteiger charge is -2.37. The number of hydrogen-bond acceptors (Lipinski definition) is 4. The van der Waals surface area contributed by atoms with Crippen molar-refractivity contribution in [2.45, 2.75) is 6.10 Å². The van der Waals surface area contributed by atoms with Gasteiger partial charge in [0.1, 0.15) is 5.75 Å². The van der Waals surface area contributed by atoms with Gasteiger partial charge in [-0.2, -0.15) is 0 Å². The van der Waals surface area contributed by atoms with Crippen LogP contribution >= 0.6 is 0 Å². The van der Waals surface area contributed by atoms with E-state index in [2.05, 4.69) is 21.9 Å². The maximum Gasteiger partial charge on any atom is 0.119 e. The van der Waals surface area contributed by atoms with Gasteiger partial charge in [-0.25, -0.2) is 0 Å². The topological polar surface area (TPSA) is 35.9 Å². The molecular formula is C19H24N2O2. The Labute approximate surface area is 137 Å². The average molecular weight is 312 g/mol. The normalized spacial score (nSPS) is 17.0. The Balaban J connectivity index is 1.52. The summed E-state index contributed by atoms with van der Waals surface area (Å²) in [7, 11) is 1.69. The predicted octanol–water partition coefficient (Wildman–Crippen LogP) is 2.55. The summed E-state index contributed by atoms with van der Waals surface area (Å²) in [5, 5.41) is 10.3. The molecule has 0 unspecified atom stereocenters. The first-order valence-corrected chi connectivity index (χ1v) is 8.10. The molecule has 2 aromatic rings. The Morgan fingerprint density at radius 2 is 1.61 bits per heavy atom. The van der Waals surface area contributed by atoms with Gasteiger partial charge < -0.3 is 14.7 Å². The van der Waals surface area contributed by atoms with Crippen LogP contribution in [0.3, 0.4) is 0 Å². The van der Waals surface area contributed by atoms with Gasteiger partial charge in [-0.1, -0.05) is 30.3 Å². The highest BCUT2D eigenvalue weighted by molar-refractivity contribution is 5.49. The van der Waals surface area contributed by atoms with E-state index in [1.54, 1.807) is 7.11 Å². The summed E-state index contributed by atoms with van der Waals surface area (Å²) in [5.41, 5.74) is 2.22. The quantitative estimate of drug-likeness (QED) is 0.920. The first-order valence-electron chi connectivity index (χ1n) is 8.10. The second-order valence-corrected chi connectivity index (χ2v) is 5.91. The number of β-amino-alcohol motifs (C(OH)–C–C–N with tert-alkyl or cyclic N) is 1. The van der Waals surface area contributed by atoms with Crippen LogP contribution in [0.25, 0.3) is 0 Å². The summed E-state index contributed by atoms with van der Waals surface area (Å²) in [5.74, 6) is 0.887. The standard InChI is InChI=1S/C19H24N2O2/c1-23-18-9-7-17(8-10-18)21-13-11-20(12-14-21)15-19(22)16-5-3-2-4-6-16/h2-10,19,22H,11-15H2,1H3/t19-/m0/s1. The Kier molecular flexibility index (Phi) is 5.16. The lowest BCUT2D eigenvalue weighted by Crippen LogP contribution is -2.47. The Bertz CT molecular complexity index is 593. The molecule has 3 rings (SSSR count). The minimum absolute atomic E-state index is 0.413.